The molecule has 0 saturated heterocycles. The number of ether oxygens (including phenoxy) is 2. The molecule has 0 fully saturated rings. The lowest BCUT2D eigenvalue weighted by Crippen LogP contribution is -2.28. The summed E-state index contributed by atoms with van der Waals surface area (Å²) in [5, 5.41) is 2.87. The van der Waals surface area contributed by atoms with Crippen LogP contribution in [0, 0.1) is 6.92 Å². The van der Waals surface area contributed by atoms with Gasteiger partial charge in [-0.1, -0.05) is 42.5 Å². The number of nitrogens with one attached hydrogen (secondary N) is 1. The fourth-order valence-electron chi connectivity index (χ4n) is 2.61. The van der Waals surface area contributed by atoms with E-state index in [0.717, 1.165) is 28.2 Å². The normalized spacial score (nSPS) is 10.6. The maximum atomic E-state index is 12.0. The van der Waals surface area contributed by atoms with Crippen molar-refractivity contribution in [2.75, 3.05) is 6.61 Å². The lowest BCUT2D eigenvalue weighted by atomic mass is 10.1. The van der Waals surface area contributed by atoms with Crippen LogP contribution in [0.25, 0.3) is 0 Å². The summed E-state index contributed by atoms with van der Waals surface area (Å²) in [4.78, 5) is 12.0. The second-order valence-electron chi connectivity index (χ2n) is 6.22. The average Bonchev–Trinajstić information content (AvgIpc) is 3.20. The quantitative estimate of drug-likeness (QED) is 0.623. The molecule has 1 N–H and O–H groups in total. The molecule has 1 aromatic heterocycles. The van der Waals surface area contributed by atoms with Gasteiger partial charge in [0, 0.05) is 6.54 Å². The highest BCUT2D eigenvalue weighted by molar-refractivity contribution is 5.77. The molecule has 0 aliphatic carbocycles. The van der Waals surface area contributed by atoms with Gasteiger partial charge < -0.3 is 19.2 Å². The minimum atomic E-state index is -0.155. The van der Waals surface area contributed by atoms with Crippen molar-refractivity contribution in [3.8, 4) is 5.75 Å². The van der Waals surface area contributed by atoms with Crippen LogP contribution in [0.1, 0.15) is 22.5 Å². The van der Waals surface area contributed by atoms with Gasteiger partial charge in [0.15, 0.2) is 6.61 Å². The summed E-state index contributed by atoms with van der Waals surface area (Å²) >= 11 is 0. The zero-order valence-corrected chi connectivity index (χ0v) is 15.3. The first kappa shape index (κ1) is 18.7. The van der Waals surface area contributed by atoms with Crippen LogP contribution in [0.15, 0.2) is 71.3 Å². The highest BCUT2D eigenvalue weighted by Gasteiger charge is 2.05. The molecule has 0 aliphatic rings. The average molecular weight is 365 g/mol. The van der Waals surface area contributed by atoms with Gasteiger partial charge in [0.25, 0.3) is 5.91 Å². The molecule has 5 nitrogen and oxygen atoms in total. The molecule has 0 spiro atoms. The molecule has 0 atom stereocenters. The van der Waals surface area contributed by atoms with E-state index >= 15 is 0 Å². The molecule has 0 bridgehead atoms. The van der Waals surface area contributed by atoms with Crippen molar-refractivity contribution in [2.45, 2.75) is 26.7 Å². The number of hydrogen-bond acceptors (Lipinski definition) is 4. The van der Waals surface area contributed by atoms with Gasteiger partial charge in [0.05, 0.1) is 12.9 Å². The number of aryl methyl sites for hydroxylation is 1. The molecule has 140 valence electrons. The van der Waals surface area contributed by atoms with Crippen LogP contribution in [0.3, 0.4) is 0 Å². The highest BCUT2D eigenvalue weighted by atomic mass is 16.5. The second kappa shape index (κ2) is 9.59. The van der Waals surface area contributed by atoms with E-state index in [2.05, 4.69) is 5.32 Å². The molecule has 1 heterocycles. The van der Waals surface area contributed by atoms with Crippen LogP contribution in [0.4, 0.5) is 0 Å². The number of carbonyl (C=O) groups is 1. The van der Waals surface area contributed by atoms with Crippen molar-refractivity contribution in [1.82, 2.24) is 5.32 Å². The van der Waals surface area contributed by atoms with Crippen LogP contribution in [-0.4, -0.2) is 12.5 Å². The van der Waals surface area contributed by atoms with E-state index in [0.29, 0.717) is 19.8 Å². The van der Waals surface area contributed by atoms with E-state index in [1.54, 1.807) is 6.26 Å². The largest absolute Gasteiger partial charge is 0.484 e. The summed E-state index contributed by atoms with van der Waals surface area (Å²) in [6, 6.07) is 19.3. The first-order valence-corrected chi connectivity index (χ1v) is 8.84. The number of hydrogen-bond donors (Lipinski definition) is 1. The number of benzene rings is 2. The fourth-order valence-corrected chi connectivity index (χ4v) is 2.61. The number of carbonyl (C=O) groups excluding carboxylic acids is 1. The van der Waals surface area contributed by atoms with E-state index in [-0.39, 0.29) is 12.5 Å². The number of rotatable bonds is 9. The highest BCUT2D eigenvalue weighted by Crippen LogP contribution is 2.15. The van der Waals surface area contributed by atoms with E-state index in [1.165, 1.54) is 0 Å². The van der Waals surface area contributed by atoms with Crippen molar-refractivity contribution >= 4 is 5.91 Å². The van der Waals surface area contributed by atoms with Crippen LogP contribution in [-0.2, 0) is 29.3 Å². The molecule has 0 unspecified atom stereocenters. The monoisotopic (exact) mass is 365 g/mol. The Labute approximate surface area is 158 Å². The maximum Gasteiger partial charge on any atom is 0.258 e. The van der Waals surface area contributed by atoms with Gasteiger partial charge in [0.1, 0.15) is 18.1 Å². The van der Waals surface area contributed by atoms with Gasteiger partial charge in [-0.2, -0.15) is 0 Å². The predicted molar refractivity (Wildman–Crippen MR) is 102 cm³/mol. The SMILES string of the molecule is Cc1ccccc1OCC(=O)NCc1cccc(COCc2ccco2)c1. The van der Waals surface area contributed by atoms with Crippen molar-refractivity contribution in [1.29, 1.82) is 0 Å². The second-order valence-corrected chi connectivity index (χ2v) is 6.22. The van der Waals surface area contributed by atoms with Gasteiger partial charge in [-0.15, -0.1) is 0 Å². The summed E-state index contributed by atoms with van der Waals surface area (Å²) in [5.41, 5.74) is 3.07. The Morgan fingerprint density at radius 1 is 1.00 bits per heavy atom. The molecular weight excluding hydrogens is 342 g/mol. The third-order valence-corrected chi connectivity index (χ3v) is 4.03. The first-order valence-electron chi connectivity index (χ1n) is 8.84. The summed E-state index contributed by atoms with van der Waals surface area (Å²) < 4.78 is 16.4. The summed E-state index contributed by atoms with van der Waals surface area (Å²) in [6.45, 7) is 3.31. The number of amides is 1. The first-order chi connectivity index (χ1) is 13.2. The molecule has 1 amide bonds. The third kappa shape index (κ3) is 6.01. The fraction of sp³-hybridized carbons (Fsp3) is 0.227. The zero-order chi connectivity index (χ0) is 18.9. The smallest absolute Gasteiger partial charge is 0.258 e. The molecule has 5 heteroatoms. The van der Waals surface area contributed by atoms with E-state index in [9.17, 15) is 4.79 Å². The van der Waals surface area contributed by atoms with Gasteiger partial charge in [-0.25, -0.2) is 0 Å². The van der Waals surface area contributed by atoms with E-state index in [1.807, 2.05) is 67.6 Å². The summed E-state index contributed by atoms with van der Waals surface area (Å²) in [7, 11) is 0. The van der Waals surface area contributed by atoms with E-state index < -0.39 is 0 Å². The van der Waals surface area contributed by atoms with Gasteiger partial charge in [-0.3, -0.25) is 4.79 Å². The molecule has 3 rings (SSSR count). The van der Waals surface area contributed by atoms with Crippen molar-refractivity contribution < 1.29 is 18.7 Å². The minimum Gasteiger partial charge on any atom is -0.484 e. The van der Waals surface area contributed by atoms with Crippen LogP contribution < -0.4 is 10.1 Å². The molecular formula is C22H23NO4. The Morgan fingerprint density at radius 2 is 1.85 bits per heavy atom. The summed E-state index contributed by atoms with van der Waals surface area (Å²) in [5.74, 6) is 1.37. The number of para-hydroxylation sites is 1. The molecule has 0 saturated carbocycles. The van der Waals surface area contributed by atoms with E-state index in [4.69, 9.17) is 13.9 Å². The Bertz CT molecular complexity index is 858. The lowest BCUT2D eigenvalue weighted by molar-refractivity contribution is -0.123. The molecule has 27 heavy (non-hydrogen) atoms. The van der Waals surface area contributed by atoms with Gasteiger partial charge in [0.2, 0.25) is 0 Å². The molecule has 2 aromatic carbocycles. The molecule has 0 radical (unpaired) electrons. The maximum absolute atomic E-state index is 12.0. The lowest BCUT2D eigenvalue weighted by Gasteiger charge is -2.10. The van der Waals surface area contributed by atoms with Crippen LogP contribution in [0.5, 0.6) is 5.75 Å². The standard InChI is InChI=1S/C22H23NO4/c1-17-6-2-3-10-21(17)27-16-22(24)23-13-18-7-4-8-19(12-18)14-25-15-20-9-5-11-26-20/h2-12H,13-16H2,1H3,(H,23,24). The Balaban J connectivity index is 1.42. The molecule has 0 aliphatic heterocycles. The molecule has 3 aromatic rings. The Hall–Kier alpha value is -3.05. The Kier molecular flexibility index (Phi) is 6.66. The number of furan rings is 1. The summed E-state index contributed by atoms with van der Waals surface area (Å²) in [6.07, 6.45) is 1.63. The van der Waals surface area contributed by atoms with Crippen molar-refractivity contribution in [3.05, 3.63) is 89.4 Å². The predicted octanol–water partition coefficient (Wildman–Crippen LogP) is 4.00. The van der Waals surface area contributed by atoms with Crippen molar-refractivity contribution in [2.24, 2.45) is 0 Å². The Morgan fingerprint density at radius 3 is 2.67 bits per heavy atom. The zero-order valence-electron chi connectivity index (χ0n) is 15.3. The minimum absolute atomic E-state index is 0.00317. The van der Waals surface area contributed by atoms with Gasteiger partial charge in [-0.05, 0) is 41.8 Å². The van der Waals surface area contributed by atoms with Crippen LogP contribution >= 0.6 is 0 Å². The third-order valence-electron chi connectivity index (χ3n) is 4.03. The van der Waals surface area contributed by atoms with Crippen LogP contribution in [0.2, 0.25) is 0 Å². The van der Waals surface area contributed by atoms with Gasteiger partial charge >= 0.3 is 0 Å². The topological polar surface area (TPSA) is 60.7 Å². The van der Waals surface area contributed by atoms with Crippen molar-refractivity contribution in [3.63, 3.8) is 0 Å².